The lowest BCUT2D eigenvalue weighted by molar-refractivity contribution is -0.385. The van der Waals surface area contributed by atoms with Crippen molar-refractivity contribution in [3.05, 3.63) is 80.4 Å². The van der Waals surface area contributed by atoms with Crippen LogP contribution in [0.1, 0.15) is 34.2 Å². The lowest BCUT2D eigenvalue weighted by Gasteiger charge is -2.14. The summed E-state index contributed by atoms with van der Waals surface area (Å²) in [6.07, 6.45) is 3.62. The molecule has 0 aliphatic carbocycles. The van der Waals surface area contributed by atoms with Gasteiger partial charge in [-0.25, -0.2) is 0 Å². The van der Waals surface area contributed by atoms with Crippen LogP contribution < -0.4 is 23.7 Å². The minimum atomic E-state index is -1.05. The number of hydrogen-bond acceptors (Lipinski definition) is 8. The molecule has 0 heterocycles. The van der Waals surface area contributed by atoms with E-state index in [1.165, 1.54) is 26.4 Å². The second-order valence-electron chi connectivity index (χ2n) is 8.58. The molecule has 0 saturated heterocycles. The predicted octanol–water partition coefficient (Wildman–Crippen LogP) is 5.84. The quantitative estimate of drug-likeness (QED) is 0.162. The van der Waals surface area contributed by atoms with Gasteiger partial charge >= 0.3 is 5.97 Å². The number of hydrogen-bond donors (Lipinski definition) is 1. The van der Waals surface area contributed by atoms with E-state index in [0.717, 1.165) is 28.0 Å². The fourth-order valence-electron chi connectivity index (χ4n) is 3.82. The van der Waals surface area contributed by atoms with Gasteiger partial charge in [-0.15, -0.1) is 0 Å². The monoisotopic (exact) mass is 537 g/mol. The number of nitrogens with zero attached hydrogens (tertiary/aromatic N) is 1. The third-order valence-corrected chi connectivity index (χ3v) is 6.04. The van der Waals surface area contributed by atoms with Crippen LogP contribution in [-0.4, -0.2) is 43.9 Å². The summed E-state index contributed by atoms with van der Waals surface area (Å²) in [6, 6.07) is 12.1. The molecular weight excluding hydrogens is 506 g/mol. The van der Waals surface area contributed by atoms with Gasteiger partial charge in [0.25, 0.3) is 5.69 Å². The molecule has 0 bridgehead atoms. The molecule has 3 aromatic rings. The Hall–Kier alpha value is -4.73. The molecule has 0 atom stereocenters. The van der Waals surface area contributed by atoms with Gasteiger partial charge in [-0.1, -0.05) is 24.3 Å². The molecule has 10 nitrogen and oxygen atoms in total. The average molecular weight is 538 g/mol. The molecule has 0 unspecified atom stereocenters. The van der Waals surface area contributed by atoms with Crippen molar-refractivity contribution >= 4 is 23.8 Å². The Balaban J connectivity index is 1.86. The van der Waals surface area contributed by atoms with Gasteiger partial charge in [-0.2, -0.15) is 0 Å². The van der Waals surface area contributed by atoms with E-state index in [1.54, 1.807) is 19.2 Å². The van der Waals surface area contributed by atoms with Crippen molar-refractivity contribution < 1.29 is 38.5 Å². The summed E-state index contributed by atoms with van der Waals surface area (Å²) < 4.78 is 27.6. The Labute approximate surface area is 226 Å². The molecule has 0 aliphatic rings. The van der Waals surface area contributed by atoms with Crippen LogP contribution in [0.5, 0.6) is 28.7 Å². The molecule has 0 radical (unpaired) electrons. The number of nitro benzene ring substituents is 1. The number of benzene rings is 3. The SMILES string of the molecule is COc1cc(COc2cc(/C=C/c3cc(C)c(C)c(OC)c3)ccc2OC)c([N+](=O)[O-])cc1OCCC(=O)O. The Morgan fingerprint density at radius 1 is 0.846 bits per heavy atom. The zero-order valence-electron chi connectivity index (χ0n) is 22.5. The largest absolute Gasteiger partial charge is 0.496 e. The number of rotatable bonds is 13. The third-order valence-electron chi connectivity index (χ3n) is 6.04. The molecule has 3 aromatic carbocycles. The van der Waals surface area contributed by atoms with E-state index in [-0.39, 0.29) is 42.4 Å². The average Bonchev–Trinajstić information content (AvgIpc) is 2.92. The lowest BCUT2D eigenvalue weighted by atomic mass is 10.0. The van der Waals surface area contributed by atoms with Crippen molar-refractivity contribution in [1.82, 2.24) is 0 Å². The number of carboxylic acid groups (broad SMARTS) is 1. The van der Waals surface area contributed by atoms with Gasteiger partial charge in [0.1, 0.15) is 12.4 Å². The maximum Gasteiger partial charge on any atom is 0.306 e. The summed E-state index contributed by atoms with van der Waals surface area (Å²) in [6.45, 7) is 3.72. The van der Waals surface area contributed by atoms with Crippen LogP contribution >= 0.6 is 0 Å². The van der Waals surface area contributed by atoms with E-state index < -0.39 is 10.9 Å². The Kier molecular flexibility index (Phi) is 9.75. The Morgan fingerprint density at radius 3 is 2.13 bits per heavy atom. The molecule has 0 saturated carbocycles. The smallest absolute Gasteiger partial charge is 0.306 e. The fraction of sp³-hybridized carbons (Fsp3) is 0.276. The number of carbonyl (C=O) groups is 1. The van der Waals surface area contributed by atoms with Gasteiger partial charge in [0.2, 0.25) is 0 Å². The minimum absolute atomic E-state index is 0.0712. The number of methoxy groups -OCH3 is 3. The zero-order valence-corrected chi connectivity index (χ0v) is 22.5. The van der Waals surface area contributed by atoms with Crippen LogP contribution in [0.15, 0.2) is 42.5 Å². The van der Waals surface area contributed by atoms with Crippen molar-refractivity contribution in [3.8, 4) is 28.7 Å². The number of ether oxygens (including phenoxy) is 5. The molecule has 0 fully saturated rings. The van der Waals surface area contributed by atoms with Gasteiger partial charge < -0.3 is 28.8 Å². The summed E-state index contributed by atoms with van der Waals surface area (Å²) >= 11 is 0. The lowest BCUT2D eigenvalue weighted by Crippen LogP contribution is -2.07. The minimum Gasteiger partial charge on any atom is -0.496 e. The molecule has 3 rings (SSSR count). The van der Waals surface area contributed by atoms with Crippen molar-refractivity contribution in [2.45, 2.75) is 26.9 Å². The van der Waals surface area contributed by atoms with Gasteiger partial charge in [0.15, 0.2) is 23.0 Å². The molecule has 0 aliphatic heterocycles. The Bertz CT molecular complexity index is 1380. The van der Waals surface area contributed by atoms with Crippen LogP contribution in [-0.2, 0) is 11.4 Å². The van der Waals surface area contributed by atoms with E-state index in [9.17, 15) is 14.9 Å². The van der Waals surface area contributed by atoms with Crippen LogP contribution in [0.4, 0.5) is 5.69 Å². The first-order chi connectivity index (χ1) is 18.7. The van der Waals surface area contributed by atoms with Gasteiger partial charge in [0, 0.05) is 0 Å². The van der Waals surface area contributed by atoms with Crippen LogP contribution in [0.3, 0.4) is 0 Å². The van der Waals surface area contributed by atoms with Crippen molar-refractivity contribution in [3.63, 3.8) is 0 Å². The van der Waals surface area contributed by atoms with Crippen LogP contribution in [0.2, 0.25) is 0 Å². The normalized spacial score (nSPS) is 10.8. The first kappa shape index (κ1) is 28.8. The van der Waals surface area contributed by atoms with Crippen molar-refractivity contribution in [2.75, 3.05) is 27.9 Å². The number of aryl methyl sites for hydroxylation is 1. The maximum absolute atomic E-state index is 11.8. The highest BCUT2D eigenvalue weighted by Gasteiger charge is 2.21. The highest BCUT2D eigenvalue weighted by atomic mass is 16.6. The van der Waals surface area contributed by atoms with E-state index in [4.69, 9.17) is 28.8 Å². The Morgan fingerprint density at radius 2 is 1.49 bits per heavy atom. The summed E-state index contributed by atoms with van der Waals surface area (Å²) in [5.41, 5.74) is 4.00. The van der Waals surface area contributed by atoms with Gasteiger partial charge in [0.05, 0.1) is 50.9 Å². The molecular formula is C29H31NO9. The molecule has 10 heteroatoms. The van der Waals surface area contributed by atoms with E-state index >= 15 is 0 Å². The number of aliphatic carboxylic acids is 1. The van der Waals surface area contributed by atoms with Gasteiger partial charge in [-0.05, 0) is 60.4 Å². The third kappa shape index (κ3) is 7.41. The topological polar surface area (TPSA) is 127 Å². The molecule has 0 aromatic heterocycles. The number of carboxylic acids is 1. The van der Waals surface area contributed by atoms with Crippen molar-refractivity contribution in [2.24, 2.45) is 0 Å². The van der Waals surface area contributed by atoms with E-state index in [2.05, 4.69) is 6.07 Å². The predicted molar refractivity (Wildman–Crippen MR) is 146 cm³/mol. The number of nitro groups is 1. The first-order valence-electron chi connectivity index (χ1n) is 12.0. The zero-order chi connectivity index (χ0) is 28.5. The molecule has 206 valence electrons. The highest BCUT2D eigenvalue weighted by Crippen LogP contribution is 2.37. The second kappa shape index (κ2) is 13.2. The standard InChI is InChI=1S/C29H31NO9/c1-18-12-21(14-25(36-4)19(18)2)7-6-20-8-9-24(35-3)27(13-20)39-17-22-15-26(37-5)28(16-23(22)30(33)34)38-11-10-29(31)32/h6-9,12-16H,10-11,17H2,1-5H3,(H,31,32)/b7-6+. The van der Waals surface area contributed by atoms with E-state index in [0.29, 0.717) is 11.5 Å². The summed E-state index contributed by atoms with van der Waals surface area (Å²) in [5.74, 6) is 0.909. The molecule has 39 heavy (non-hydrogen) atoms. The van der Waals surface area contributed by atoms with Gasteiger partial charge in [-0.3, -0.25) is 14.9 Å². The molecule has 0 spiro atoms. The molecule has 1 N–H and O–H groups in total. The first-order valence-corrected chi connectivity index (χ1v) is 12.0. The van der Waals surface area contributed by atoms with Crippen LogP contribution in [0, 0.1) is 24.0 Å². The maximum atomic E-state index is 11.8. The fourth-order valence-corrected chi connectivity index (χ4v) is 3.82. The summed E-state index contributed by atoms with van der Waals surface area (Å²) in [4.78, 5) is 22.0. The highest BCUT2D eigenvalue weighted by molar-refractivity contribution is 5.72. The van der Waals surface area contributed by atoms with Crippen LogP contribution in [0.25, 0.3) is 12.2 Å². The molecule has 0 amide bonds. The summed E-state index contributed by atoms with van der Waals surface area (Å²) in [7, 11) is 4.54. The van der Waals surface area contributed by atoms with Crippen molar-refractivity contribution in [1.29, 1.82) is 0 Å². The van der Waals surface area contributed by atoms with E-state index in [1.807, 2.05) is 38.1 Å². The summed E-state index contributed by atoms with van der Waals surface area (Å²) in [5, 5.41) is 20.6. The second-order valence-corrected chi connectivity index (χ2v) is 8.58.